The highest BCUT2D eigenvalue weighted by atomic mass is 16.5. The molecule has 0 saturated carbocycles. The normalized spacial score (nSPS) is 34.0. The third-order valence-electron chi connectivity index (χ3n) is 3.16. The van der Waals surface area contributed by atoms with E-state index in [4.69, 9.17) is 10.5 Å². The van der Waals surface area contributed by atoms with Crippen molar-refractivity contribution >= 4 is 6.03 Å². The van der Waals surface area contributed by atoms with Gasteiger partial charge in [-0.15, -0.1) is 0 Å². The minimum absolute atomic E-state index is 0.0515. The number of ether oxygens (including phenoxy) is 1. The van der Waals surface area contributed by atoms with Crippen LogP contribution in [0.4, 0.5) is 4.79 Å². The number of hydrogen-bond donors (Lipinski definition) is 1. The van der Waals surface area contributed by atoms with E-state index in [1.165, 1.54) is 0 Å². The highest BCUT2D eigenvalue weighted by Gasteiger charge is 2.44. The van der Waals surface area contributed by atoms with Gasteiger partial charge in [-0.1, -0.05) is 0 Å². The molecule has 2 fully saturated rings. The fourth-order valence-corrected chi connectivity index (χ4v) is 2.53. The first-order valence-electron chi connectivity index (χ1n) is 4.89. The summed E-state index contributed by atoms with van der Waals surface area (Å²) in [7, 11) is 0. The Labute approximate surface area is 78.0 Å². The fraction of sp³-hybridized carbons (Fsp3) is 0.889. The molecule has 0 aromatic rings. The molecule has 2 aliphatic heterocycles. The van der Waals surface area contributed by atoms with E-state index >= 15 is 0 Å². The Bertz CT molecular complexity index is 212. The molecule has 0 bridgehead atoms. The molecule has 2 rings (SSSR count). The molecule has 0 aromatic heterocycles. The van der Waals surface area contributed by atoms with Gasteiger partial charge in [-0.2, -0.15) is 0 Å². The van der Waals surface area contributed by atoms with E-state index in [2.05, 4.69) is 0 Å². The molecule has 4 nitrogen and oxygen atoms in total. The number of nitrogens with zero attached hydrogens (tertiary/aromatic N) is 1. The van der Waals surface area contributed by atoms with Crippen LogP contribution in [0.5, 0.6) is 0 Å². The van der Waals surface area contributed by atoms with Crippen LogP contribution in [0.3, 0.4) is 0 Å². The zero-order valence-corrected chi connectivity index (χ0v) is 7.79. The number of amides is 2. The molecule has 0 radical (unpaired) electrons. The summed E-state index contributed by atoms with van der Waals surface area (Å²) in [5.41, 5.74) is 5.28. The number of primary amides is 1. The van der Waals surface area contributed by atoms with Crippen molar-refractivity contribution in [3.05, 3.63) is 0 Å². The Morgan fingerprint density at radius 1 is 1.38 bits per heavy atom. The Balaban J connectivity index is 2.13. The van der Waals surface area contributed by atoms with E-state index in [1.807, 2.05) is 0 Å². The molecular formula is C9H16N2O2. The van der Waals surface area contributed by atoms with E-state index in [-0.39, 0.29) is 11.6 Å². The van der Waals surface area contributed by atoms with Gasteiger partial charge in [0.25, 0.3) is 0 Å². The zero-order valence-electron chi connectivity index (χ0n) is 7.79. The number of rotatable bonds is 0. The second-order valence-corrected chi connectivity index (χ2v) is 3.97. The maximum atomic E-state index is 11.2. The lowest BCUT2D eigenvalue weighted by atomic mass is 9.90. The van der Waals surface area contributed by atoms with E-state index in [0.717, 1.165) is 38.8 Å². The Morgan fingerprint density at radius 3 is 2.77 bits per heavy atom. The third-order valence-corrected chi connectivity index (χ3v) is 3.16. The number of urea groups is 1. The summed E-state index contributed by atoms with van der Waals surface area (Å²) in [4.78, 5) is 13.0. The van der Waals surface area contributed by atoms with Crippen LogP contribution >= 0.6 is 0 Å². The summed E-state index contributed by atoms with van der Waals surface area (Å²) in [5.74, 6) is 0. The van der Waals surface area contributed by atoms with Gasteiger partial charge in [0.1, 0.15) is 0 Å². The lowest BCUT2D eigenvalue weighted by Crippen LogP contribution is -2.54. The smallest absolute Gasteiger partial charge is 0.315 e. The fourth-order valence-electron chi connectivity index (χ4n) is 2.53. The molecule has 4 heteroatoms. The molecule has 1 spiro atoms. The average molecular weight is 184 g/mol. The van der Waals surface area contributed by atoms with Crippen LogP contribution < -0.4 is 5.73 Å². The standard InChI is InChI=1S/C9H16N2O2/c10-8(12)11-5-1-3-9(11)4-2-6-13-7-9/h1-7H2,(H2,10,12). The monoisotopic (exact) mass is 184 g/mol. The first-order valence-corrected chi connectivity index (χ1v) is 4.89. The van der Waals surface area contributed by atoms with Crippen molar-refractivity contribution < 1.29 is 9.53 Å². The molecular weight excluding hydrogens is 168 g/mol. The van der Waals surface area contributed by atoms with Crippen LogP contribution in [-0.4, -0.2) is 36.2 Å². The van der Waals surface area contributed by atoms with E-state index in [0.29, 0.717) is 6.61 Å². The molecule has 2 aliphatic rings. The zero-order chi connectivity index (χ0) is 9.31. The second-order valence-electron chi connectivity index (χ2n) is 3.97. The van der Waals surface area contributed by atoms with E-state index < -0.39 is 0 Å². The molecule has 0 aliphatic carbocycles. The van der Waals surface area contributed by atoms with Crippen molar-refractivity contribution in [3.8, 4) is 0 Å². The first-order chi connectivity index (χ1) is 6.25. The van der Waals surface area contributed by atoms with Gasteiger partial charge in [0.05, 0.1) is 12.1 Å². The van der Waals surface area contributed by atoms with Crippen LogP contribution in [-0.2, 0) is 4.74 Å². The van der Waals surface area contributed by atoms with Crippen molar-refractivity contribution in [2.75, 3.05) is 19.8 Å². The number of nitrogens with two attached hydrogens (primary N) is 1. The highest BCUT2D eigenvalue weighted by Crippen LogP contribution is 2.35. The Kier molecular flexibility index (Phi) is 2.15. The van der Waals surface area contributed by atoms with E-state index in [1.54, 1.807) is 4.90 Å². The van der Waals surface area contributed by atoms with Crippen molar-refractivity contribution in [3.63, 3.8) is 0 Å². The topological polar surface area (TPSA) is 55.6 Å². The molecule has 0 aromatic carbocycles. The molecule has 1 atom stereocenters. The molecule has 2 amide bonds. The SMILES string of the molecule is NC(=O)N1CCCC12CCCOC2. The Morgan fingerprint density at radius 2 is 2.15 bits per heavy atom. The quantitative estimate of drug-likeness (QED) is 0.602. The molecule has 2 saturated heterocycles. The molecule has 1 unspecified atom stereocenters. The maximum absolute atomic E-state index is 11.2. The number of likely N-dealkylation sites (tertiary alicyclic amines) is 1. The maximum Gasteiger partial charge on any atom is 0.315 e. The predicted octanol–water partition coefficient (Wildman–Crippen LogP) is 0.710. The van der Waals surface area contributed by atoms with Gasteiger partial charge in [-0.25, -0.2) is 4.79 Å². The molecule has 2 N–H and O–H groups in total. The lowest BCUT2D eigenvalue weighted by molar-refractivity contribution is -0.0122. The van der Waals surface area contributed by atoms with Crippen molar-refractivity contribution in [1.29, 1.82) is 0 Å². The summed E-state index contributed by atoms with van der Waals surface area (Å²) < 4.78 is 5.44. The van der Waals surface area contributed by atoms with Crippen LogP contribution in [0.2, 0.25) is 0 Å². The van der Waals surface area contributed by atoms with Crippen LogP contribution in [0.25, 0.3) is 0 Å². The summed E-state index contributed by atoms with van der Waals surface area (Å²) in [6, 6.07) is -0.289. The molecule has 74 valence electrons. The lowest BCUT2D eigenvalue weighted by Gasteiger charge is -2.40. The number of hydrogen-bond acceptors (Lipinski definition) is 2. The summed E-state index contributed by atoms with van der Waals surface area (Å²) in [5, 5.41) is 0. The Hall–Kier alpha value is -0.770. The van der Waals surface area contributed by atoms with E-state index in [9.17, 15) is 4.79 Å². The first kappa shape index (κ1) is 8.81. The van der Waals surface area contributed by atoms with Gasteiger partial charge >= 0.3 is 6.03 Å². The van der Waals surface area contributed by atoms with Crippen molar-refractivity contribution in [2.45, 2.75) is 31.2 Å². The second kappa shape index (κ2) is 3.18. The van der Waals surface area contributed by atoms with Crippen LogP contribution in [0, 0.1) is 0 Å². The van der Waals surface area contributed by atoms with Gasteiger partial charge in [0.2, 0.25) is 0 Å². The molecule has 2 heterocycles. The third kappa shape index (κ3) is 1.39. The number of carbonyl (C=O) groups is 1. The largest absolute Gasteiger partial charge is 0.379 e. The summed E-state index contributed by atoms with van der Waals surface area (Å²) in [6.45, 7) is 2.31. The van der Waals surface area contributed by atoms with Crippen LogP contribution in [0.15, 0.2) is 0 Å². The van der Waals surface area contributed by atoms with Crippen molar-refractivity contribution in [1.82, 2.24) is 4.90 Å². The van der Waals surface area contributed by atoms with Gasteiger partial charge in [0, 0.05) is 13.2 Å². The van der Waals surface area contributed by atoms with Crippen LogP contribution in [0.1, 0.15) is 25.7 Å². The van der Waals surface area contributed by atoms with Gasteiger partial charge in [0.15, 0.2) is 0 Å². The van der Waals surface area contributed by atoms with Gasteiger partial charge in [-0.3, -0.25) is 0 Å². The van der Waals surface area contributed by atoms with Crippen molar-refractivity contribution in [2.24, 2.45) is 5.73 Å². The minimum Gasteiger partial charge on any atom is -0.379 e. The molecule has 13 heavy (non-hydrogen) atoms. The van der Waals surface area contributed by atoms with Gasteiger partial charge in [-0.05, 0) is 25.7 Å². The summed E-state index contributed by atoms with van der Waals surface area (Å²) in [6.07, 6.45) is 4.21. The summed E-state index contributed by atoms with van der Waals surface area (Å²) >= 11 is 0. The van der Waals surface area contributed by atoms with Gasteiger partial charge < -0.3 is 15.4 Å². The average Bonchev–Trinajstić information content (AvgIpc) is 2.50. The minimum atomic E-state index is -0.289. The highest BCUT2D eigenvalue weighted by molar-refractivity contribution is 5.73. The predicted molar refractivity (Wildman–Crippen MR) is 48.3 cm³/mol. The number of carbonyl (C=O) groups excluding carboxylic acids is 1.